The quantitative estimate of drug-likeness (QED) is 0.565. The number of carboxylic acid groups (broad SMARTS) is 1. The van der Waals surface area contributed by atoms with E-state index in [1.807, 2.05) is 12.1 Å². The van der Waals surface area contributed by atoms with Crippen LogP contribution in [0.3, 0.4) is 0 Å². The molecule has 2 fully saturated rings. The number of carboxylic acids is 1. The fraction of sp³-hybridized carbons (Fsp3) is 0.370. The number of carbonyl (C=O) groups is 1. The van der Waals surface area contributed by atoms with Crippen molar-refractivity contribution in [2.45, 2.75) is 44.1 Å². The third-order valence-electron chi connectivity index (χ3n) is 8.58. The number of aryl methyl sites for hydroxylation is 2. The molecule has 150 valence electrons. The summed E-state index contributed by atoms with van der Waals surface area (Å²) in [5, 5.41) is 16.4. The van der Waals surface area contributed by atoms with Crippen molar-refractivity contribution in [2.75, 3.05) is 5.32 Å². The molecule has 0 spiro atoms. The van der Waals surface area contributed by atoms with Crippen molar-refractivity contribution in [3.63, 3.8) is 0 Å². The predicted molar refractivity (Wildman–Crippen MR) is 118 cm³/mol. The van der Waals surface area contributed by atoms with Gasteiger partial charge >= 0.3 is 5.97 Å². The van der Waals surface area contributed by atoms with Gasteiger partial charge in [0.1, 0.15) is 0 Å². The number of aromatic carboxylic acids is 1. The molecule has 3 aliphatic carbocycles. The molecule has 1 heterocycles. The van der Waals surface area contributed by atoms with Crippen LogP contribution in [0.4, 0.5) is 5.69 Å². The SMILES string of the molecule is O=C(O)c1ccc2c(c1)[C@@H]1[C@H]3CC[C@@H](C3)[C@H]1[C@H](c1ccc3c4c(cccc14)CC3)N2. The number of hydrogen-bond donors (Lipinski definition) is 2. The molecule has 0 aromatic heterocycles. The highest BCUT2D eigenvalue weighted by Gasteiger charge is 2.54. The first-order valence-corrected chi connectivity index (χ1v) is 11.4. The molecule has 3 heteroatoms. The molecule has 4 aliphatic rings. The molecule has 2 N–H and O–H groups in total. The summed E-state index contributed by atoms with van der Waals surface area (Å²) in [5.74, 6) is 1.64. The summed E-state index contributed by atoms with van der Waals surface area (Å²) in [6, 6.07) is 17.6. The van der Waals surface area contributed by atoms with Crippen LogP contribution in [0.25, 0.3) is 10.8 Å². The van der Waals surface area contributed by atoms with E-state index in [1.54, 1.807) is 6.07 Å². The van der Waals surface area contributed by atoms with Gasteiger partial charge in [-0.05, 0) is 107 Å². The Morgan fingerprint density at radius 2 is 1.77 bits per heavy atom. The maximum Gasteiger partial charge on any atom is 0.335 e. The Balaban J connectivity index is 1.43. The molecule has 2 bridgehead atoms. The van der Waals surface area contributed by atoms with Crippen molar-refractivity contribution < 1.29 is 9.90 Å². The summed E-state index contributed by atoms with van der Waals surface area (Å²) in [6.07, 6.45) is 6.22. The summed E-state index contributed by atoms with van der Waals surface area (Å²) in [4.78, 5) is 11.6. The van der Waals surface area contributed by atoms with E-state index in [4.69, 9.17) is 0 Å². The molecule has 3 nitrogen and oxygen atoms in total. The first kappa shape index (κ1) is 16.9. The van der Waals surface area contributed by atoms with E-state index in [0.717, 1.165) is 24.4 Å². The summed E-state index contributed by atoms with van der Waals surface area (Å²) >= 11 is 0. The minimum Gasteiger partial charge on any atom is -0.478 e. The average molecular weight is 396 g/mol. The maximum absolute atomic E-state index is 11.6. The van der Waals surface area contributed by atoms with Crippen molar-refractivity contribution in [3.05, 3.63) is 76.3 Å². The van der Waals surface area contributed by atoms with Crippen LogP contribution in [0, 0.1) is 17.8 Å². The van der Waals surface area contributed by atoms with Crippen molar-refractivity contribution in [1.82, 2.24) is 0 Å². The molecule has 3 aromatic rings. The van der Waals surface area contributed by atoms with Crippen LogP contribution in [0.15, 0.2) is 48.5 Å². The number of nitrogens with one attached hydrogen (secondary N) is 1. The van der Waals surface area contributed by atoms with E-state index < -0.39 is 5.97 Å². The lowest BCUT2D eigenvalue weighted by molar-refractivity contribution is 0.0696. The zero-order chi connectivity index (χ0) is 20.0. The van der Waals surface area contributed by atoms with Crippen LogP contribution >= 0.6 is 0 Å². The standard InChI is InChI=1S/C27H25NO2/c29-27(30)18-9-11-22-21(13-18)24-16-6-7-17(12-16)25(24)26(28-22)20-10-8-15-5-4-14-2-1-3-19(20)23(14)15/h1-3,8-11,13,16-17,24-26,28H,4-7,12H2,(H,29,30)/t16-,17-,24-,25+,26-/m0/s1. The Morgan fingerprint density at radius 1 is 0.933 bits per heavy atom. The molecule has 0 radical (unpaired) electrons. The highest BCUT2D eigenvalue weighted by atomic mass is 16.4. The third-order valence-corrected chi connectivity index (χ3v) is 8.58. The van der Waals surface area contributed by atoms with Crippen LogP contribution in [-0.2, 0) is 12.8 Å². The van der Waals surface area contributed by atoms with Crippen molar-refractivity contribution in [3.8, 4) is 0 Å². The van der Waals surface area contributed by atoms with Crippen molar-refractivity contribution >= 4 is 22.4 Å². The van der Waals surface area contributed by atoms with Crippen LogP contribution in [0.2, 0.25) is 0 Å². The number of benzene rings is 3. The summed E-state index contributed by atoms with van der Waals surface area (Å²) < 4.78 is 0. The fourth-order valence-corrected chi connectivity index (χ4v) is 7.47. The van der Waals surface area contributed by atoms with E-state index in [-0.39, 0.29) is 0 Å². The molecular formula is C27H25NO2. The van der Waals surface area contributed by atoms with Gasteiger partial charge in [-0.2, -0.15) is 0 Å². The van der Waals surface area contributed by atoms with Crippen LogP contribution in [-0.4, -0.2) is 11.1 Å². The molecule has 30 heavy (non-hydrogen) atoms. The van der Waals surface area contributed by atoms with E-state index in [0.29, 0.717) is 29.4 Å². The van der Waals surface area contributed by atoms with Gasteiger partial charge in [0.15, 0.2) is 0 Å². The van der Waals surface area contributed by atoms with Crippen LogP contribution in [0.1, 0.15) is 63.8 Å². The smallest absolute Gasteiger partial charge is 0.335 e. The topological polar surface area (TPSA) is 49.3 Å². The van der Waals surface area contributed by atoms with Crippen LogP contribution in [0.5, 0.6) is 0 Å². The van der Waals surface area contributed by atoms with Gasteiger partial charge in [-0.1, -0.05) is 30.3 Å². The van der Waals surface area contributed by atoms with Gasteiger partial charge in [-0.15, -0.1) is 0 Å². The van der Waals surface area contributed by atoms with E-state index in [9.17, 15) is 9.90 Å². The van der Waals surface area contributed by atoms with Gasteiger partial charge in [0.25, 0.3) is 0 Å². The van der Waals surface area contributed by atoms with Crippen molar-refractivity contribution in [2.24, 2.45) is 17.8 Å². The number of hydrogen-bond acceptors (Lipinski definition) is 2. The molecular weight excluding hydrogens is 370 g/mol. The molecule has 5 atom stereocenters. The predicted octanol–water partition coefficient (Wildman–Crippen LogP) is 5.93. The number of fused-ring (bicyclic) bond motifs is 7. The highest BCUT2D eigenvalue weighted by molar-refractivity contribution is 5.94. The maximum atomic E-state index is 11.6. The Kier molecular flexibility index (Phi) is 3.31. The minimum atomic E-state index is -0.827. The Labute approximate surface area is 176 Å². The zero-order valence-electron chi connectivity index (χ0n) is 16.9. The van der Waals surface area contributed by atoms with Gasteiger partial charge in [0.05, 0.1) is 11.6 Å². The fourth-order valence-electron chi connectivity index (χ4n) is 7.47. The lowest BCUT2D eigenvalue weighted by atomic mass is 9.67. The first-order valence-electron chi connectivity index (χ1n) is 11.4. The second-order valence-electron chi connectivity index (χ2n) is 9.82. The molecule has 0 amide bonds. The molecule has 7 rings (SSSR count). The van der Waals surface area contributed by atoms with Gasteiger partial charge in [-0.3, -0.25) is 0 Å². The van der Waals surface area contributed by atoms with Crippen LogP contribution < -0.4 is 5.32 Å². The molecule has 1 aliphatic heterocycles. The summed E-state index contributed by atoms with van der Waals surface area (Å²) in [6.45, 7) is 0. The lowest BCUT2D eigenvalue weighted by Crippen LogP contribution is -2.35. The van der Waals surface area contributed by atoms with E-state index in [1.165, 1.54) is 52.3 Å². The normalized spacial score (nSPS) is 30.2. The van der Waals surface area contributed by atoms with E-state index >= 15 is 0 Å². The zero-order valence-corrected chi connectivity index (χ0v) is 16.9. The van der Waals surface area contributed by atoms with Crippen molar-refractivity contribution in [1.29, 1.82) is 0 Å². The summed E-state index contributed by atoms with van der Waals surface area (Å²) in [5.41, 5.74) is 7.23. The Bertz CT molecular complexity index is 1220. The second-order valence-corrected chi connectivity index (χ2v) is 9.82. The molecule has 0 saturated heterocycles. The minimum absolute atomic E-state index is 0.304. The van der Waals surface area contributed by atoms with E-state index in [2.05, 4.69) is 35.6 Å². The van der Waals surface area contributed by atoms with Gasteiger partial charge < -0.3 is 10.4 Å². The summed E-state index contributed by atoms with van der Waals surface area (Å²) in [7, 11) is 0. The largest absolute Gasteiger partial charge is 0.478 e. The molecule has 2 saturated carbocycles. The third kappa shape index (κ3) is 2.13. The number of rotatable bonds is 2. The highest BCUT2D eigenvalue weighted by Crippen LogP contribution is 2.64. The number of anilines is 1. The lowest BCUT2D eigenvalue weighted by Gasteiger charge is -2.44. The van der Waals surface area contributed by atoms with Gasteiger partial charge in [-0.25, -0.2) is 4.79 Å². The van der Waals surface area contributed by atoms with Gasteiger partial charge in [0, 0.05) is 5.69 Å². The Hall–Kier alpha value is -2.81. The monoisotopic (exact) mass is 395 g/mol. The second kappa shape index (κ2) is 5.87. The van der Waals surface area contributed by atoms with Gasteiger partial charge in [0.2, 0.25) is 0 Å². The first-order chi connectivity index (χ1) is 14.7. The molecule has 3 aromatic carbocycles. The molecule has 0 unspecified atom stereocenters. The Morgan fingerprint density at radius 3 is 2.63 bits per heavy atom. The average Bonchev–Trinajstić information content (AvgIpc) is 3.49.